The maximum Gasteiger partial charge on any atom is 0.249 e. The lowest BCUT2D eigenvalue weighted by atomic mass is 10.0. The molecule has 0 saturated heterocycles. The monoisotopic (exact) mass is 165 g/mol. The van der Waals surface area contributed by atoms with Crippen LogP contribution in [0.25, 0.3) is 0 Å². The Labute approximate surface area is 67.0 Å². The lowest BCUT2D eigenvalue weighted by Gasteiger charge is -2.15. The van der Waals surface area contributed by atoms with Crippen LogP contribution in [0.5, 0.6) is 0 Å². The summed E-state index contributed by atoms with van der Waals surface area (Å²) in [5, 5.41) is 0. The van der Waals surface area contributed by atoms with Crippen LogP contribution in [0.1, 0.15) is 33.1 Å². The van der Waals surface area contributed by atoms with Gasteiger partial charge in [0.05, 0.1) is 0 Å². The van der Waals surface area contributed by atoms with Crippen LogP contribution in [0.2, 0.25) is 0 Å². The molecule has 68 valence electrons. The molecule has 1 nitrogen and oxygen atoms in total. The van der Waals surface area contributed by atoms with Crippen LogP contribution in [-0.2, 0) is 0 Å². The molecule has 3 heteroatoms. The van der Waals surface area contributed by atoms with Gasteiger partial charge >= 0.3 is 0 Å². The molecule has 2 N–H and O–H groups in total. The van der Waals surface area contributed by atoms with E-state index < -0.39 is 5.92 Å². The first-order valence-corrected chi connectivity index (χ1v) is 4.06. The lowest BCUT2D eigenvalue weighted by molar-refractivity contribution is -0.0181. The fraction of sp³-hybridized carbons (Fsp3) is 1.00. The molecule has 0 aliphatic heterocycles. The molecule has 0 radical (unpaired) electrons. The molecule has 0 fully saturated rings. The van der Waals surface area contributed by atoms with Gasteiger partial charge in [-0.3, -0.25) is 0 Å². The second-order valence-corrected chi connectivity index (χ2v) is 3.33. The van der Waals surface area contributed by atoms with Crippen LogP contribution < -0.4 is 5.73 Å². The van der Waals surface area contributed by atoms with Crippen molar-refractivity contribution >= 4 is 0 Å². The van der Waals surface area contributed by atoms with Gasteiger partial charge in [0, 0.05) is 12.8 Å². The Morgan fingerprint density at radius 1 is 1.27 bits per heavy atom. The molecule has 0 amide bonds. The summed E-state index contributed by atoms with van der Waals surface area (Å²) >= 11 is 0. The Morgan fingerprint density at radius 3 is 2.18 bits per heavy atom. The van der Waals surface area contributed by atoms with Crippen molar-refractivity contribution in [1.29, 1.82) is 0 Å². The van der Waals surface area contributed by atoms with Gasteiger partial charge in [0.1, 0.15) is 0 Å². The van der Waals surface area contributed by atoms with Gasteiger partial charge in [0.15, 0.2) is 0 Å². The maximum atomic E-state index is 12.7. The first-order chi connectivity index (χ1) is 4.98. The fourth-order valence-electron chi connectivity index (χ4n) is 0.836. The van der Waals surface area contributed by atoms with E-state index in [0.29, 0.717) is 12.3 Å². The van der Waals surface area contributed by atoms with Gasteiger partial charge in [-0.25, -0.2) is 8.78 Å². The minimum Gasteiger partial charge on any atom is -0.330 e. The van der Waals surface area contributed by atoms with Crippen molar-refractivity contribution in [2.24, 2.45) is 11.7 Å². The summed E-state index contributed by atoms with van der Waals surface area (Å²) in [5.41, 5.74) is 5.04. The fourth-order valence-corrected chi connectivity index (χ4v) is 0.836. The summed E-state index contributed by atoms with van der Waals surface area (Å²) in [4.78, 5) is 0. The van der Waals surface area contributed by atoms with Crippen LogP contribution in [-0.4, -0.2) is 12.5 Å². The van der Waals surface area contributed by atoms with Gasteiger partial charge < -0.3 is 5.73 Å². The van der Waals surface area contributed by atoms with E-state index in [1.165, 1.54) is 0 Å². The zero-order valence-electron chi connectivity index (χ0n) is 7.24. The third-order valence-corrected chi connectivity index (χ3v) is 1.60. The first kappa shape index (κ1) is 10.8. The van der Waals surface area contributed by atoms with Gasteiger partial charge in [-0.05, 0) is 18.9 Å². The molecule has 0 bridgehead atoms. The maximum absolute atomic E-state index is 12.7. The Bertz CT molecular complexity index is 102. The minimum absolute atomic E-state index is 0.0259. The van der Waals surface area contributed by atoms with E-state index in [9.17, 15) is 8.78 Å². The summed E-state index contributed by atoms with van der Waals surface area (Å²) in [7, 11) is 0. The molecule has 0 aromatic rings. The second kappa shape index (κ2) is 4.65. The standard InChI is InChI=1S/C8H17F2N/c1-7(2)3-4-8(9,10)5-6-11/h7H,3-6,11H2,1-2H3. The van der Waals surface area contributed by atoms with Gasteiger partial charge in [-0.2, -0.15) is 0 Å². The molecule has 0 unspecified atom stereocenters. The average Bonchev–Trinajstić information content (AvgIpc) is 1.84. The highest BCUT2D eigenvalue weighted by molar-refractivity contribution is 4.67. The van der Waals surface area contributed by atoms with Crippen molar-refractivity contribution in [1.82, 2.24) is 0 Å². The number of rotatable bonds is 5. The Balaban J connectivity index is 3.54. The van der Waals surface area contributed by atoms with E-state index in [1.54, 1.807) is 0 Å². The van der Waals surface area contributed by atoms with Gasteiger partial charge in [-0.1, -0.05) is 13.8 Å². The molecule has 0 aromatic carbocycles. The molecular weight excluding hydrogens is 148 g/mol. The number of hydrogen-bond donors (Lipinski definition) is 1. The molecule has 11 heavy (non-hydrogen) atoms. The summed E-state index contributed by atoms with van der Waals surface area (Å²) in [6.45, 7) is 3.96. The van der Waals surface area contributed by atoms with Crippen LogP contribution in [0.3, 0.4) is 0 Å². The van der Waals surface area contributed by atoms with E-state index in [4.69, 9.17) is 5.73 Å². The Kier molecular flexibility index (Phi) is 4.57. The molecule has 0 aromatic heterocycles. The molecule has 0 saturated carbocycles. The SMILES string of the molecule is CC(C)CCC(F)(F)CCN. The highest BCUT2D eigenvalue weighted by atomic mass is 19.3. The van der Waals surface area contributed by atoms with Crippen LogP contribution in [0.4, 0.5) is 8.78 Å². The number of hydrogen-bond acceptors (Lipinski definition) is 1. The predicted octanol–water partition coefficient (Wildman–Crippen LogP) is 2.41. The van der Waals surface area contributed by atoms with E-state index in [2.05, 4.69) is 0 Å². The summed E-state index contributed by atoms with van der Waals surface area (Å²) in [5.74, 6) is -2.20. The number of nitrogens with two attached hydrogens (primary N) is 1. The van der Waals surface area contributed by atoms with Crippen LogP contribution in [0, 0.1) is 5.92 Å². The third-order valence-electron chi connectivity index (χ3n) is 1.60. The van der Waals surface area contributed by atoms with Gasteiger partial charge in [0.2, 0.25) is 5.92 Å². The largest absolute Gasteiger partial charge is 0.330 e. The van der Waals surface area contributed by atoms with Gasteiger partial charge in [0.25, 0.3) is 0 Å². The molecule has 0 atom stereocenters. The molecule has 0 spiro atoms. The summed E-state index contributed by atoms with van der Waals surface area (Å²) in [6.07, 6.45) is 0.370. The smallest absolute Gasteiger partial charge is 0.249 e. The zero-order chi connectivity index (χ0) is 8.91. The van der Waals surface area contributed by atoms with Crippen molar-refractivity contribution in [2.45, 2.75) is 39.0 Å². The first-order valence-electron chi connectivity index (χ1n) is 4.06. The average molecular weight is 165 g/mol. The van der Waals surface area contributed by atoms with Crippen LogP contribution >= 0.6 is 0 Å². The van der Waals surface area contributed by atoms with Gasteiger partial charge in [-0.15, -0.1) is 0 Å². The Morgan fingerprint density at radius 2 is 1.82 bits per heavy atom. The topological polar surface area (TPSA) is 26.0 Å². The Hall–Kier alpha value is -0.180. The highest BCUT2D eigenvalue weighted by Crippen LogP contribution is 2.25. The molecular formula is C8H17F2N. The normalized spacial score (nSPS) is 12.5. The second-order valence-electron chi connectivity index (χ2n) is 3.33. The van der Waals surface area contributed by atoms with Crippen molar-refractivity contribution in [3.63, 3.8) is 0 Å². The van der Waals surface area contributed by atoms with E-state index in [1.807, 2.05) is 13.8 Å². The lowest BCUT2D eigenvalue weighted by Crippen LogP contribution is -2.21. The van der Waals surface area contributed by atoms with E-state index in [-0.39, 0.29) is 19.4 Å². The zero-order valence-corrected chi connectivity index (χ0v) is 7.24. The highest BCUT2D eigenvalue weighted by Gasteiger charge is 2.26. The van der Waals surface area contributed by atoms with Crippen molar-refractivity contribution < 1.29 is 8.78 Å². The summed E-state index contributed by atoms with van der Waals surface area (Å²) in [6, 6.07) is 0. The molecule has 0 heterocycles. The van der Waals surface area contributed by atoms with Crippen molar-refractivity contribution in [3.8, 4) is 0 Å². The molecule has 0 aliphatic carbocycles. The van der Waals surface area contributed by atoms with Crippen LogP contribution in [0.15, 0.2) is 0 Å². The quantitative estimate of drug-likeness (QED) is 0.665. The number of halogens is 2. The molecule has 0 aliphatic rings. The van der Waals surface area contributed by atoms with E-state index in [0.717, 1.165) is 0 Å². The minimum atomic E-state index is -2.54. The summed E-state index contributed by atoms with van der Waals surface area (Å²) < 4.78 is 25.4. The van der Waals surface area contributed by atoms with E-state index >= 15 is 0 Å². The third kappa shape index (κ3) is 6.23. The number of alkyl halides is 2. The van der Waals surface area contributed by atoms with Crippen molar-refractivity contribution in [2.75, 3.05) is 6.54 Å². The van der Waals surface area contributed by atoms with Crippen molar-refractivity contribution in [3.05, 3.63) is 0 Å². The predicted molar refractivity (Wildman–Crippen MR) is 42.7 cm³/mol. The molecule has 0 rings (SSSR count).